The topological polar surface area (TPSA) is 111 Å². The summed E-state index contributed by atoms with van der Waals surface area (Å²) < 4.78 is 0. The van der Waals surface area contributed by atoms with E-state index in [1.54, 1.807) is 0 Å². The van der Waals surface area contributed by atoms with E-state index in [2.05, 4.69) is 20.5 Å². The first-order valence-corrected chi connectivity index (χ1v) is 5.30. The molecule has 0 unspecified atom stereocenters. The number of carbonyl (C=O) groups excluding carboxylic acids is 1. The highest BCUT2D eigenvalue weighted by molar-refractivity contribution is 5.95. The van der Waals surface area contributed by atoms with Gasteiger partial charge >= 0.3 is 0 Å². The maximum absolute atomic E-state index is 11.7. The molecule has 0 aliphatic rings. The molecule has 0 saturated heterocycles. The van der Waals surface area contributed by atoms with Crippen LogP contribution in [0.15, 0.2) is 24.5 Å². The van der Waals surface area contributed by atoms with Gasteiger partial charge in [-0.25, -0.2) is 4.98 Å². The van der Waals surface area contributed by atoms with Crippen molar-refractivity contribution in [3.63, 3.8) is 0 Å². The highest BCUT2D eigenvalue weighted by atomic mass is 16.3. The maximum atomic E-state index is 11.7. The molecule has 1 aromatic carbocycles. The number of nitrogens with one attached hydrogen (secondary N) is 2. The number of phenols is 2. The number of aromatic amines is 1. The van der Waals surface area contributed by atoms with Gasteiger partial charge < -0.3 is 15.5 Å². The standard InChI is InChI=1S/C11H12N4O3/c16-8-3-7(4-9(17)5-8)11(18)12-2-1-10-13-6-14-15-10/h3-6,16-17H,1-2H2,(H,12,18)(H,13,14,15). The van der Waals surface area contributed by atoms with Crippen LogP contribution in [0, 0.1) is 0 Å². The van der Waals surface area contributed by atoms with Crippen LogP contribution in [0.5, 0.6) is 11.5 Å². The van der Waals surface area contributed by atoms with Crippen LogP contribution in [0.25, 0.3) is 0 Å². The Kier molecular flexibility index (Phi) is 3.42. The third kappa shape index (κ3) is 2.97. The molecule has 0 saturated carbocycles. The molecule has 0 aliphatic carbocycles. The molecule has 0 bridgehead atoms. The van der Waals surface area contributed by atoms with Gasteiger partial charge in [0.1, 0.15) is 23.7 Å². The van der Waals surface area contributed by atoms with Crippen molar-refractivity contribution in [3.8, 4) is 11.5 Å². The Labute approximate surface area is 103 Å². The number of benzene rings is 1. The van der Waals surface area contributed by atoms with Crippen LogP contribution in [0.4, 0.5) is 0 Å². The number of hydrogen-bond acceptors (Lipinski definition) is 5. The minimum Gasteiger partial charge on any atom is -0.508 e. The molecule has 1 heterocycles. The van der Waals surface area contributed by atoms with Gasteiger partial charge in [-0.05, 0) is 12.1 Å². The fraction of sp³-hybridized carbons (Fsp3) is 0.182. The highest BCUT2D eigenvalue weighted by Gasteiger charge is 2.08. The number of carbonyl (C=O) groups is 1. The van der Waals surface area contributed by atoms with Crippen molar-refractivity contribution < 1.29 is 15.0 Å². The second-order valence-electron chi connectivity index (χ2n) is 3.68. The largest absolute Gasteiger partial charge is 0.508 e. The summed E-state index contributed by atoms with van der Waals surface area (Å²) >= 11 is 0. The smallest absolute Gasteiger partial charge is 0.251 e. The van der Waals surface area contributed by atoms with Crippen molar-refractivity contribution >= 4 is 5.91 Å². The van der Waals surface area contributed by atoms with Gasteiger partial charge in [0.2, 0.25) is 0 Å². The third-order valence-electron chi connectivity index (χ3n) is 2.28. The number of hydrogen-bond donors (Lipinski definition) is 4. The molecule has 0 aliphatic heterocycles. The minimum atomic E-state index is -0.374. The number of phenolic OH excluding ortho intramolecular Hbond substituents is 2. The van der Waals surface area contributed by atoms with Crippen molar-refractivity contribution in [1.82, 2.24) is 20.5 Å². The Hall–Kier alpha value is -2.57. The molecule has 0 radical (unpaired) electrons. The van der Waals surface area contributed by atoms with Gasteiger partial charge in [0, 0.05) is 24.6 Å². The minimum absolute atomic E-state index is 0.157. The Balaban J connectivity index is 1.91. The van der Waals surface area contributed by atoms with E-state index in [0.717, 1.165) is 6.07 Å². The van der Waals surface area contributed by atoms with E-state index in [-0.39, 0.29) is 23.0 Å². The SMILES string of the molecule is O=C(NCCc1ncn[nH]1)c1cc(O)cc(O)c1. The zero-order chi connectivity index (χ0) is 13.0. The van der Waals surface area contributed by atoms with Gasteiger partial charge in [-0.15, -0.1) is 0 Å². The fourth-order valence-electron chi connectivity index (χ4n) is 1.47. The number of aromatic nitrogens is 3. The summed E-state index contributed by atoms with van der Waals surface area (Å²) in [6.45, 7) is 0.379. The summed E-state index contributed by atoms with van der Waals surface area (Å²) in [5.41, 5.74) is 0.199. The monoisotopic (exact) mass is 248 g/mol. The first kappa shape index (κ1) is 11.9. The zero-order valence-electron chi connectivity index (χ0n) is 9.42. The second-order valence-corrected chi connectivity index (χ2v) is 3.68. The normalized spacial score (nSPS) is 10.2. The van der Waals surface area contributed by atoms with E-state index in [4.69, 9.17) is 0 Å². The lowest BCUT2D eigenvalue weighted by atomic mass is 10.2. The van der Waals surface area contributed by atoms with Crippen LogP contribution >= 0.6 is 0 Å². The first-order chi connectivity index (χ1) is 8.65. The molecule has 0 atom stereocenters. The highest BCUT2D eigenvalue weighted by Crippen LogP contribution is 2.20. The number of aromatic hydroxyl groups is 2. The predicted octanol–water partition coefficient (Wildman–Crippen LogP) is 0.188. The van der Waals surface area contributed by atoms with E-state index in [9.17, 15) is 15.0 Å². The molecule has 2 rings (SSSR count). The summed E-state index contributed by atoms with van der Waals surface area (Å²) in [6, 6.07) is 3.72. The molecule has 94 valence electrons. The molecule has 0 fully saturated rings. The molecule has 2 aromatic rings. The average molecular weight is 248 g/mol. The first-order valence-electron chi connectivity index (χ1n) is 5.30. The summed E-state index contributed by atoms with van der Waals surface area (Å²) in [7, 11) is 0. The summed E-state index contributed by atoms with van der Waals surface area (Å²) in [6.07, 6.45) is 1.92. The van der Waals surface area contributed by atoms with Gasteiger partial charge in [-0.3, -0.25) is 9.89 Å². The van der Waals surface area contributed by atoms with Gasteiger partial charge in [0.25, 0.3) is 5.91 Å². The van der Waals surface area contributed by atoms with Crippen molar-refractivity contribution in [2.24, 2.45) is 0 Å². The summed E-state index contributed by atoms with van der Waals surface area (Å²) in [5, 5.41) is 27.5. The van der Waals surface area contributed by atoms with E-state index in [1.807, 2.05) is 0 Å². The van der Waals surface area contributed by atoms with E-state index in [1.165, 1.54) is 18.5 Å². The number of rotatable bonds is 4. The van der Waals surface area contributed by atoms with Gasteiger partial charge in [0.05, 0.1) is 0 Å². The fourth-order valence-corrected chi connectivity index (χ4v) is 1.47. The van der Waals surface area contributed by atoms with E-state index >= 15 is 0 Å². The quantitative estimate of drug-likeness (QED) is 0.617. The molecule has 18 heavy (non-hydrogen) atoms. The van der Waals surface area contributed by atoms with Crippen LogP contribution in [0.1, 0.15) is 16.2 Å². The zero-order valence-corrected chi connectivity index (χ0v) is 9.42. The van der Waals surface area contributed by atoms with Crippen molar-refractivity contribution in [2.75, 3.05) is 6.54 Å². The number of H-pyrrole nitrogens is 1. The van der Waals surface area contributed by atoms with Crippen LogP contribution in [-0.2, 0) is 6.42 Å². The van der Waals surface area contributed by atoms with E-state index in [0.29, 0.717) is 18.8 Å². The molecule has 0 spiro atoms. The lowest BCUT2D eigenvalue weighted by Gasteiger charge is -2.05. The second kappa shape index (κ2) is 5.17. The van der Waals surface area contributed by atoms with Crippen molar-refractivity contribution in [2.45, 2.75) is 6.42 Å². The molecule has 7 nitrogen and oxygen atoms in total. The molecular weight excluding hydrogens is 236 g/mol. The average Bonchev–Trinajstić information content (AvgIpc) is 2.80. The molecule has 1 amide bonds. The predicted molar refractivity (Wildman–Crippen MR) is 62.2 cm³/mol. The van der Waals surface area contributed by atoms with Crippen LogP contribution in [-0.4, -0.2) is 37.8 Å². The van der Waals surface area contributed by atoms with Crippen LogP contribution in [0.3, 0.4) is 0 Å². The van der Waals surface area contributed by atoms with Gasteiger partial charge in [0.15, 0.2) is 0 Å². The van der Waals surface area contributed by atoms with Gasteiger partial charge in [-0.1, -0.05) is 0 Å². The van der Waals surface area contributed by atoms with Crippen LogP contribution < -0.4 is 5.32 Å². The van der Waals surface area contributed by atoms with E-state index < -0.39 is 0 Å². The number of nitrogens with zero attached hydrogens (tertiary/aromatic N) is 2. The molecular formula is C11H12N4O3. The Bertz CT molecular complexity index is 519. The Morgan fingerprint density at radius 3 is 2.61 bits per heavy atom. The van der Waals surface area contributed by atoms with Crippen LogP contribution in [0.2, 0.25) is 0 Å². The van der Waals surface area contributed by atoms with Crippen molar-refractivity contribution in [3.05, 3.63) is 35.9 Å². The summed E-state index contributed by atoms with van der Waals surface area (Å²) in [5.74, 6) is -0.0134. The lowest BCUT2D eigenvalue weighted by Crippen LogP contribution is -2.25. The van der Waals surface area contributed by atoms with Crippen molar-refractivity contribution in [1.29, 1.82) is 0 Å². The Morgan fingerprint density at radius 2 is 2.00 bits per heavy atom. The molecule has 7 heteroatoms. The Morgan fingerprint density at radius 1 is 1.28 bits per heavy atom. The molecule has 4 N–H and O–H groups in total. The third-order valence-corrected chi connectivity index (χ3v) is 2.28. The maximum Gasteiger partial charge on any atom is 0.251 e. The summed E-state index contributed by atoms with van der Waals surface area (Å²) in [4.78, 5) is 15.6. The number of amides is 1. The van der Waals surface area contributed by atoms with Gasteiger partial charge in [-0.2, -0.15) is 5.10 Å². The lowest BCUT2D eigenvalue weighted by molar-refractivity contribution is 0.0953. The molecule has 1 aromatic heterocycles.